The van der Waals surface area contributed by atoms with Crippen LogP contribution in [0.2, 0.25) is 0 Å². The second-order valence-corrected chi connectivity index (χ2v) is 5.06. The quantitative estimate of drug-likeness (QED) is 0.549. The first-order chi connectivity index (χ1) is 9.34. The normalized spacial score (nSPS) is 10.9. The van der Waals surface area contributed by atoms with Gasteiger partial charge in [0, 0.05) is 19.3 Å². The summed E-state index contributed by atoms with van der Waals surface area (Å²) in [5.41, 5.74) is 10.5. The van der Waals surface area contributed by atoms with Gasteiger partial charge in [0.2, 0.25) is 0 Å². The number of hydrogen-bond donors (Lipinski definition) is 2. The molecule has 3 aromatic rings. The maximum absolute atomic E-state index is 6.09. The molecular weight excluding hydrogens is 260 g/mol. The van der Waals surface area contributed by atoms with Crippen molar-refractivity contribution in [3.63, 3.8) is 0 Å². The number of thiazole rings is 1. The van der Waals surface area contributed by atoms with Crippen molar-refractivity contribution in [1.82, 2.24) is 20.0 Å². The second kappa shape index (κ2) is 5.23. The first-order valence-corrected chi connectivity index (χ1v) is 6.92. The third-order valence-electron chi connectivity index (χ3n) is 2.89. The minimum absolute atomic E-state index is 0.722. The van der Waals surface area contributed by atoms with Crippen molar-refractivity contribution in [1.29, 1.82) is 0 Å². The Morgan fingerprint density at radius 1 is 1.37 bits per heavy atom. The Labute approximate surface area is 114 Å². The number of nitrogens with zero attached hydrogens (tertiary/aromatic N) is 4. The third-order valence-corrected chi connectivity index (χ3v) is 3.69. The highest BCUT2D eigenvalue weighted by Gasteiger charge is 2.06. The van der Waals surface area contributed by atoms with E-state index in [1.54, 1.807) is 17.5 Å². The molecule has 0 aliphatic heterocycles. The number of aromatic nitrogens is 4. The van der Waals surface area contributed by atoms with Crippen LogP contribution >= 0.6 is 11.3 Å². The van der Waals surface area contributed by atoms with Gasteiger partial charge in [0.05, 0.1) is 27.8 Å². The fourth-order valence-electron chi connectivity index (χ4n) is 1.92. The van der Waals surface area contributed by atoms with Gasteiger partial charge in [-0.25, -0.2) is 4.98 Å². The summed E-state index contributed by atoms with van der Waals surface area (Å²) in [7, 11) is 0. The molecule has 2 heterocycles. The van der Waals surface area contributed by atoms with Gasteiger partial charge >= 0.3 is 0 Å². The molecule has 0 aliphatic carbocycles. The van der Waals surface area contributed by atoms with Crippen LogP contribution in [0, 0.1) is 0 Å². The highest BCUT2D eigenvalue weighted by atomic mass is 32.1. The maximum atomic E-state index is 6.09. The van der Waals surface area contributed by atoms with Crippen LogP contribution in [0.1, 0.15) is 6.42 Å². The molecule has 0 radical (unpaired) electrons. The van der Waals surface area contributed by atoms with E-state index in [-0.39, 0.29) is 0 Å². The number of aryl methyl sites for hydroxylation is 1. The van der Waals surface area contributed by atoms with E-state index in [9.17, 15) is 0 Å². The topological polar surface area (TPSA) is 81.6 Å². The molecule has 0 amide bonds. The van der Waals surface area contributed by atoms with E-state index < -0.39 is 0 Å². The standard InChI is InChI=1S/C12H14N6S/c13-11-9(2-3-10-12(11)15-8-19-10)14-4-1-6-18-7-5-16-17-18/h2-3,5,7-8,14H,1,4,6,13H2. The van der Waals surface area contributed by atoms with Gasteiger partial charge in [-0.3, -0.25) is 4.68 Å². The summed E-state index contributed by atoms with van der Waals surface area (Å²) in [6.07, 6.45) is 4.50. The van der Waals surface area contributed by atoms with Gasteiger partial charge in [-0.2, -0.15) is 0 Å². The summed E-state index contributed by atoms with van der Waals surface area (Å²) in [6, 6.07) is 4.05. The predicted molar refractivity (Wildman–Crippen MR) is 77.2 cm³/mol. The zero-order valence-electron chi connectivity index (χ0n) is 10.3. The minimum atomic E-state index is 0.722. The number of nitrogen functional groups attached to an aromatic ring is 1. The lowest BCUT2D eigenvalue weighted by atomic mass is 10.2. The molecule has 0 atom stereocenters. The van der Waals surface area contributed by atoms with Crippen LogP contribution in [-0.2, 0) is 6.54 Å². The van der Waals surface area contributed by atoms with Crippen LogP contribution < -0.4 is 11.1 Å². The summed E-state index contributed by atoms with van der Waals surface area (Å²) >= 11 is 1.60. The molecule has 98 valence electrons. The molecule has 3 N–H and O–H groups in total. The molecule has 0 aliphatic rings. The monoisotopic (exact) mass is 274 g/mol. The Kier molecular flexibility index (Phi) is 3.28. The molecule has 2 aromatic heterocycles. The Morgan fingerprint density at radius 2 is 2.32 bits per heavy atom. The van der Waals surface area contributed by atoms with Crippen LogP contribution in [0.4, 0.5) is 11.4 Å². The highest BCUT2D eigenvalue weighted by molar-refractivity contribution is 7.16. The van der Waals surface area contributed by atoms with Crippen molar-refractivity contribution in [2.75, 3.05) is 17.6 Å². The molecule has 0 saturated heterocycles. The third kappa shape index (κ3) is 2.50. The first-order valence-electron chi connectivity index (χ1n) is 6.04. The van der Waals surface area contributed by atoms with E-state index in [2.05, 4.69) is 20.6 Å². The van der Waals surface area contributed by atoms with Crippen molar-refractivity contribution in [2.24, 2.45) is 0 Å². The van der Waals surface area contributed by atoms with E-state index in [0.29, 0.717) is 0 Å². The molecule has 0 spiro atoms. The molecule has 0 saturated carbocycles. The predicted octanol–water partition coefficient (Wildman–Crippen LogP) is 1.97. The van der Waals surface area contributed by atoms with Crippen molar-refractivity contribution in [2.45, 2.75) is 13.0 Å². The molecule has 6 nitrogen and oxygen atoms in total. The van der Waals surface area contributed by atoms with E-state index in [1.165, 1.54) is 0 Å². The van der Waals surface area contributed by atoms with Crippen molar-refractivity contribution in [3.05, 3.63) is 30.0 Å². The average Bonchev–Trinajstić information content (AvgIpc) is 3.08. The number of hydrogen-bond acceptors (Lipinski definition) is 6. The van der Waals surface area contributed by atoms with Gasteiger partial charge in [-0.05, 0) is 18.6 Å². The first kappa shape index (κ1) is 11.9. The molecule has 1 aromatic carbocycles. The molecule has 3 rings (SSSR count). The lowest BCUT2D eigenvalue weighted by Gasteiger charge is -2.09. The van der Waals surface area contributed by atoms with Gasteiger partial charge in [-0.15, -0.1) is 16.4 Å². The van der Waals surface area contributed by atoms with Crippen LogP contribution in [0.5, 0.6) is 0 Å². The summed E-state index contributed by atoms with van der Waals surface area (Å²) in [6.45, 7) is 1.67. The van der Waals surface area contributed by atoms with E-state index in [1.807, 2.05) is 28.5 Å². The summed E-state index contributed by atoms with van der Waals surface area (Å²) in [4.78, 5) is 4.28. The molecule has 0 bridgehead atoms. The largest absolute Gasteiger partial charge is 0.395 e. The Balaban J connectivity index is 1.60. The van der Waals surface area contributed by atoms with Gasteiger partial charge in [0.25, 0.3) is 0 Å². The van der Waals surface area contributed by atoms with Crippen LogP contribution in [0.15, 0.2) is 30.0 Å². The van der Waals surface area contributed by atoms with E-state index >= 15 is 0 Å². The van der Waals surface area contributed by atoms with Gasteiger partial charge in [0.1, 0.15) is 5.52 Å². The minimum Gasteiger partial charge on any atom is -0.395 e. The average molecular weight is 274 g/mol. The maximum Gasteiger partial charge on any atom is 0.106 e. The second-order valence-electron chi connectivity index (χ2n) is 4.17. The molecular formula is C12H14N6S. The summed E-state index contributed by atoms with van der Waals surface area (Å²) in [5, 5.41) is 11.0. The highest BCUT2D eigenvalue weighted by Crippen LogP contribution is 2.29. The number of anilines is 2. The lowest BCUT2D eigenvalue weighted by Crippen LogP contribution is -2.08. The Bertz CT molecular complexity index is 660. The zero-order chi connectivity index (χ0) is 13.1. The Hall–Kier alpha value is -2.15. The fourth-order valence-corrected chi connectivity index (χ4v) is 2.61. The number of benzene rings is 1. The zero-order valence-corrected chi connectivity index (χ0v) is 11.1. The van der Waals surface area contributed by atoms with Crippen molar-refractivity contribution in [3.8, 4) is 0 Å². The van der Waals surface area contributed by atoms with E-state index in [4.69, 9.17) is 5.73 Å². The summed E-state index contributed by atoms with van der Waals surface area (Å²) < 4.78 is 2.93. The molecule has 0 fully saturated rings. The van der Waals surface area contributed by atoms with Crippen molar-refractivity contribution >= 4 is 32.9 Å². The van der Waals surface area contributed by atoms with Crippen LogP contribution in [-0.4, -0.2) is 26.5 Å². The molecule has 7 heteroatoms. The van der Waals surface area contributed by atoms with Gasteiger partial charge in [-0.1, -0.05) is 5.21 Å². The van der Waals surface area contributed by atoms with Gasteiger partial charge in [0.15, 0.2) is 0 Å². The summed E-state index contributed by atoms with van der Waals surface area (Å²) in [5.74, 6) is 0. The number of nitrogens with one attached hydrogen (secondary N) is 1. The number of fused-ring (bicyclic) bond motifs is 1. The Morgan fingerprint density at radius 3 is 3.16 bits per heavy atom. The fraction of sp³-hybridized carbons (Fsp3) is 0.250. The molecule has 0 unspecified atom stereocenters. The lowest BCUT2D eigenvalue weighted by molar-refractivity contribution is 0.570. The van der Waals surface area contributed by atoms with Crippen LogP contribution in [0.3, 0.4) is 0 Å². The molecule has 19 heavy (non-hydrogen) atoms. The van der Waals surface area contributed by atoms with Crippen molar-refractivity contribution < 1.29 is 0 Å². The van der Waals surface area contributed by atoms with Crippen LogP contribution in [0.25, 0.3) is 10.2 Å². The number of nitrogens with two attached hydrogens (primary N) is 1. The van der Waals surface area contributed by atoms with E-state index in [0.717, 1.165) is 41.1 Å². The smallest absolute Gasteiger partial charge is 0.106 e. The van der Waals surface area contributed by atoms with Gasteiger partial charge < -0.3 is 11.1 Å². The SMILES string of the molecule is Nc1c(NCCCn2ccnn2)ccc2scnc12. The number of rotatable bonds is 5.